The summed E-state index contributed by atoms with van der Waals surface area (Å²) in [6.45, 7) is 3.30. The Morgan fingerprint density at radius 1 is 0.839 bits per heavy atom. The molecule has 3 aromatic carbocycles. The zero-order chi connectivity index (χ0) is 22.1. The van der Waals surface area contributed by atoms with Crippen molar-refractivity contribution in [3.63, 3.8) is 0 Å². The highest BCUT2D eigenvalue weighted by molar-refractivity contribution is 6.31. The number of hydrogen-bond acceptors (Lipinski definition) is 4. The lowest BCUT2D eigenvalue weighted by Crippen LogP contribution is -2.16. The van der Waals surface area contributed by atoms with Gasteiger partial charge in [-0.3, -0.25) is 9.59 Å². The Labute approximate surface area is 186 Å². The van der Waals surface area contributed by atoms with Gasteiger partial charge in [0.25, 0.3) is 11.8 Å². The zero-order valence-electron chi connectivity index (χ0n) is 17.1. The average Bonchev–Trinajstić information content (AvgIpc) is 2.77. The van der Waals surface area contributed by atoms with E-state index in [-0.39, 0.29) is 11.8 Å². The predicted molar refractivity (Wildman–Crippen MR) is 122 cm³/mol. The van der Waals surface area contributed by atoms with Crippen molar-refractivity contribution in [3.05, 3.63) is 88.9 Å². The third-order valence-electron chi connectivity index (χ3n) is 4.29. The molecule has 0 heterocycles. The third-order valence-corrected chi connectivity index (χ3v) is 4.52. The maximum absolute atomic E-state index is 12.8. The second-order valence-electron chi connectivity index (χ2n) is 6.54. The molecule has 7 heteroatoms. The molecule has 31 heavy (non-hydrogen) atoms. The minimum Gasteiger partial charge on any atom is -0.490 e. The number of rotatable bonds is 9. The normalized spacial score (nSPS) is 10.4. The quantitative estimate of drug-likeness (QED) is 0.447. The number of hydrogen-bond donors (Lipinski definition) is 2. The average molecular weight is 439 g/mol. The van der Waals surface area contributed by atoms with Gasteiger partial charge in [0.1, 0.15) is 12.4 Å². The predicted octanol–water partition coefficient (Wildman–Crippen LogP) is 5.26. The molecule has 0 bridgehead atoms. The van der Waals surface area contributed by atoms with E-state index in [9.17, 15) is 9.59 Å². The molecule has 0 fully saturated rings. The van der Waals surface area contributed by atoms with E-state index in [1.165, 1.54) is 0 Å². The summed E-state index contributed by atoms with van der Waals surface area (Å²) in [7, 11) is 0. The van der Waals surface area contributed by atoms with Crippen molar-refractivity contribution in [1.29, 1.82) is 0 Å². The fraction of sp³-hybridized carbons (Fsp3) is 0.167. The maximum Gasteiger partial charge on any atom is 0.259 e. The van der Waals surface area contributed by atoms with Gasteiger partial charge in [-0.2, -0.15) is 0 Å². The van der Waals surface area contributed by atoms with Gasteiger partial charge in [-0.25, -0.2) is 0 Å². The lowest BCUT2D eigenvalue weighted by molar-refractivity contribution is 0.0995. The SMILES string of the molecule is CCOCCOc1ccccc1C(=O)Nc1cccc(C(=O)Nc2cccc(Cl)c2)c1. The van der Waals surface area contributed by atoms with E-state index in [0.29, 0.717) is 53.1 Å². The molecular weight excluding hydrogens is 416 g/mol. The van der Waals surface area contributed by atoms with Crippen LogP contribution in [0.15, 0.2) is 72.8 Å². The molecule has 3 aromatic rings. The summed E-state index contributed by atoms with van der Waals surface area (Å²) in [5.74, 6) is -0.174. The molecule has 6 nitrogen and oxygen atoms in total. The highest BCUT2D eigenvalue weighted by atomic mass is 35.5. The van der Waals surface area contributed by atoms with E-state index in [0.717, 1.165) is 0 Å². The highest BCUT2D eigenvalue weighted by Gasteiger charge is 2.14. The smallest absolute Gasteiger partial charge is 0.259 e. The standard InChI is InChI=1S/C24H23ClN2O4/c1-2-30-13-14-31-22-12-4-3-11-21(22)24(29)27-19-9-5-7-17(15-19)23(28)26-20-10-6-8-18(25)16-20/h3-12,15-16H,2,13-14H2,1H3,(H,26,28)(H,27,29). The monoisotopic (exact) mass is 438 g/mol. The highest BCUT2D eigenvalue weighted by Crippen LogP contribution is 2.21. The summed E-state index contributed by atoms with van der Waals surface area (Å²) in [4.78, 5) is 25.4. The number of para-hydroxylation sites is 1. The van der Waals surface area contributed by atoms with Crippen molar-refractivity contribution in [2.24, 2.45) is 0 Å². The number of halogens is 1. The van der Waals surface area contributed by atoms with E-state index >= 15 is 0 Å². The summed E-state index contributed by atoms with van der Waals surface area (Å²) >= 11 is 5.96. The first-order chi connectivity index (χ1) is 15.1. The van der Waals surface area contributed by atoms with Gasteiger partial charge < -0.3 is 20.1 Å². The summed E-state index contributed by atoms with van der Waals surface area (Å²) in [6, 6.07) is 20.6. The van der Waals surface area contributed by atoms with Gasteiger partial charge in [0, 0.05) is 28.6 Å². The maximum atomic E-state index is 12.8. The summed E-state index contributed by atoms with van der Waals surface area (Å²) in [6.07, 6.45) is 0. The van der Waals surface area contributed by atoms with Crippen LogP contribution in [0.5, 0.6) is 5.75 Å². The number of nitrogens with one attached hydrogen (secondary N) is 2. The molecule has 0 aliphatic heterocycles. The molecule has 0 atom stereocenters. The Bertz CT molecular complexity index is 1060. The lowest BCUT2D eigenvalue weighted by Gasteiger charge is -2.12. The number of benzene rings is 3. The van der Waals surface area contributed by atoms with E-state index < -0.39 is 0 Å². The molecule has 0 aliphatic carbocycles. The first kappa shape index (κ1) is 22.3. The van der Waals surface area contributed by atoms with Crippen LogP contribution in [0, 0.1) is 0 Å². The topological polar surface area (TPSA) is 76.7 Å². The molecule has 0 aromatic heterocycles. The van der Waals surface area contributed by atoms with Gasteiger partial charge in [-0.05, 0) is 55.5 Å². The number of anilines is 2. The van der Waals surface area contributed by atoms with E-state index in [1.807, 2.05) is 6.92 Å². The second kappa shape index (κ2) is 11.2. The van der Waals surface area contributed by atoms with Crippen LogP contribution in [0.4, 0.5) is 11.4 Å². The Morgan fingerprint density at radius 2 is 1.55 bits per heavy atom. The van der Waals surface area contributed by atoms with Gasteiger partial charge in [0.2, 0.25) is 0 Å². The van der Waals surface area contributed by atoms with Crippen LogP contribution in [-0.2, 0) is 4.74 Å². The van der Waals surface area contributed by atoms with Crippen LogP contribution >= 0.6 is 11.6 Å². The Balaban J connectivity index is 1.68. The lowest BCUT2D eigenvalue weighted by atomic mass is 10.1. The fourth-order valence-electron chi connectivity index (χ4n) is 2.84. The molecule has 3 rings (SSSR count). The van der Waals surface area contributed by atoms with Crippen molar-refractivity contribution in [1.82, 2.24) is 0 Å². The number of carbonyl (C=O) groups excluding carboxylic acids is 2. The summed E-state index contributed by atoms with van der Waals surface area (Å²) in [5, 5.41) is 6.13. The van der Waals surface area contributed by atoms with Crippen LogP contribution < -0.4 is 15.4 Å². The van der Waals surface area contributed by atoms with Crippen molar-refractivity contribution in [3.8, 4) is 5.75 Å². The second-order valence-corrected chi connectivity index (χ2v) is 6.98. The Morgan fingerprint density at radius 3 is 2.32 bits per heavy atom. The van der Waals surface area contributed by atoms with E-state index in [4.69, 9.17) is 21.1 Å². The number of amides is 2. The van der Waals surface area contributed by atoms with Crippen LogP contribution in [0.25, 0.3) is 0 Å². The molecule has 160 valence electrons. The molecule has 0 radical (unpaired) electrons. The van der Waals surface area contributed by atoms with Crippen LogP contribution in [0.2, 0.25) is 5.02 Å². The van der Waals surface area contributed by atoms with Gasteiger partial charge >= 0.3 is 0 Å². The minimum absolute atomic E-state index is 0.307. The van der Waals surface area contributed by atoms with E-state index in [1.54, 1.807) is 72.8 Å². The van der Waals surface area contributed by atoms with Crippen molar-refractivity contribution >= 4 is 34.8 Å². The van der Waals surface area contributed by atoms with Gasteiger partial charge in [-0.15, -0.1) is 0 Å². The molecule has 2 N–H and O–H groups in total. The van der Waals surface area contributed by atoms with E-state index in [2.05, 4.69) is 10.6 Å². The summed E-state index contributed by atoms with van der Waals surface area (Å²) in [5.41, 5.74) is 1.88. The Kier molecular flexibility index (Phi) is 8.04. The molecule has 0 unspecified atom stereocenters. The third kappa shape index (κ3) is 6.57. The van der Waals surface area contributed by atoms with Gasteiger partial charge in [-0.1, -0.05) is 35.9 Å². The largest absolute Gasteiger partial charge is 0.490 e. The molecule has 2 amide bonds. The van der Waals surface area contributed by atoms with Crippen molar-refractivity contribution < 1.29 is 19.1 Å². The van der Waals surface area contributed by atoms with Crippen molar-refractivity contribution in [2.45, 2.75) is 6.92 Å². The van der Waals surface area contributed by atoms with Gasteiger partial charge in [0.05, 0.1) is 12.2 Å². The van der Waals surface area contributed by atoms with Crippen molar-refractivity contribution in [2.75, 3.05) is 30.5 Å². The minimum atomic E-state index is -0.334. The molecule has 0 saturated heterocycles. The Hall–Kier alpha value is -3.35. The van der Waals surface area contributed by atoms with Crippen LogP contribution in [0.3, 0.4) is 0 Å². The molecular formula is C24H23ClN2O4. The van der Waals surface area contributed by atoms with Crippen LogP contribution in [0.1, 0.15) is 27.6 Å². The molecule has 0 spiro atoms. The first-order valence-corrected chi connectivity index (χ1v) is 10.2. The number of carbonyl (C=O) groups is 2. The fourth-order valence-corrected chi connectivity index (χ4v) is 3.03. The zero-order valence-corrected chi connectivity index (χ0v) is 17.8. The number of ether oxygens (including phenoxy) is 2. The summed E-state index contributed by atoms with van der Waals surface area (Å²) < 4.78 is 10.9. The molecule has 0 aliphatic rings. The van der Waals surface area contributed by atoms with Gasteiger partial charge in [0.15, 0.2) is 0 Å². The van der Waals surface area contributed by atoms with Crippen LogP contribution in [-0.4, -0.2) is 31.6 Å². The molecule has 0 saturated carbocycles. The first-order valence-electron chi connectivity index (χ1n) is 9.84.